The van der Waals surface area contributed by atoms with Crippen molar-refractivity contribution in [3.05, 3.63) is 114 Å². The number of ether oxygens (including phenoxy) is 3. The normalized spacial score (nSPS) is 10.6. The molecule has 0 atom stereocenters. The Bertz CT molecular complexity index is 1670. The molecule has 11 nitrogen and oxygen atoms in total. The van der Waals surface area contributed by atoms with E-state index in [-0.39, 0.29) is 11.3 Å². The Labute approximate surface area is 266 Å². The number of carbonyl (C=O) groups excluding carboxylic acids is 4. The van der Waals surface area contributed by atoms with Gasteiger partial charge in [-0.15, -0.1) is 0 Å². The van der Waals surface area contributed by atoms with E-state index in [4.69, 9.17) is 14.2 Å². The maximum atomic E-state index is 12.9. The first-order chi connectivity index (χ1) is 22.4. The zero-order valence-corrected chi connectivity index (χ0v) is 25.4. The molecule has 11 heteroatoms. The molecule has 4 rings (SSSR count). The number of para-hydroxylation sites is 1. The highest BCUT2D eigenvalue weighted by atomic mass is 16.5. The first kappa shape index (κ1) is 32.9. The van der Waals surface area contributed by atoms with E-state index in [0.717, 1.165) is 12.8 Å². The van der Waals surface area contributed by atoms with Gasteiger partial charge in [0.15, 0.2) is 0 Å². The lowest BCUT2D eigenvalue weighted by molar-refractivity contribution is -0.136. The van der Waals surface area contributed by atoms with Crippen molar-refractivity contribution in [3.8, 4) is 17.2 Å². The molecule has 0 radical (unpaired) electrons. The molecule has 0 unspecified atom stereocenters. The molecule has 3 amide bonds. The maximum Gasteiger partial charge on any atom is 0.343 e. The van der Waals surface area contributed by atoms with Crippen LogP contribution in [0.4, 0.5) is 11.4 Å². The summed E-state index contributed by atoms with van der Waals surface area (Å²) in [6.07, 6.45) is 3.31. The predicted molar refractivity (Wildman–Crippen MR) is 175 cm³/mol. The number of carbonyl (C=O) groups is 4. The number of nitrogens with one attached hydrogen (secondary N) is 3. The average Bonchev–Trinajstić information content (AvgIpc) is 3.07. The van der Waals surface area contributed by atoms with Crippen molar-refractivity contribution in [3.63, 3.8) is 0 Å². The zero-order chi connectivity index (χ0) is 32.7. The van der Waals surface area contributed by atoms with Crippen LogP contribution in [0.2, 0.25) is 0 Å². The summed E-state index contributed by atoms with van der Waals surface area (Å²) in [6, 6.07) is 26.3. The third kappa shape index (κ3) is 9.78. The average molecular weight is 623 g/mol. The molecule has 3 N–H and O–H groups in total. The second kappa shape index (κ2) is 16.8. The minimum atomic E-state index is -1.04. The Balaban J connectivity index is 1.26. The van der Waals surface area contributed by atoms with Gasteiger partial charge in [0.25, 0.3) is 5.91 Å². The molecule has 0 saturated heterocycles. The first-order valence-corrected chi connectivity index (χ1v) is 14.7. The summed E-state index contributed by atoms with van der Waals surface area (Å²) in [6.45, 7) is 5.10. The minimum absolute atomic E-state index is 0.149. The molecular weight excluding hydrogens is 588 g/mol. The minimum Gasteiger partial charge on any atom is -0.494 e. The number of rotatable bonds is 13. The highest BCUT2D eigenvalue weighted by Crippen LogP contribution is 2.20. The van der Waals surface area contributed by atoms with Gasteiger partial charge in [0.2, 0.25) is 0 Å². The predicted octanol–water partition coefficient (Wildman–Crippen LogP) is 5.82. The quantitative estimate of drug-likeness (QED) is 0.0425. The molecule has 0 aromatic heterocycles. The van der Waals surface area contributed by atoms with E-state index in [1.54, 1.807) is 84.9 Å². The lowest BCUT2D eigenvalue weighted by Crippen LogP contribution is -2.33. The molecule has 236 valence electrons. The van der Waals surface area contributed by atoms with Gasteiger partial charge < -0.3 is 24.8 Å². The Kier molecular flexibility index (Phi) is 12.0. The molecule has 0 bridgehead atoms. The molecule has 0 saturated carbocycles. The maximum absolute atomic E-state index is 12.9. The van der Waals surface area contributed by atoms with Gasteiger partial charge in [-0.3, -0.25) is 14.4 Å². The van der Waals surface area contributed by atoms with Crippen molar-refractivity contribution in [2.24, 2.45) is 5.10 Å². The highest BCUT2D eigenvalue weighted by molar-refractivity contribution is 6.40. The largest absolute Gasteiger partial charge is 0.494 e. The molecule has 4 aromatic carbocycles. The highest BCUT2D eigenvalue weighted by Gasteiger charge is 2.18. The van der Waals surface area contributed by atoms with E-state index >= 15 is 0 Å². The summed E-state index contributed by atoms with van der Waals surface area (Å²) in [7, 11) is 0. The number of nitrogens with zero attached hydrogens (tertiary/aromatic N) is 1. The molecule has 0 fully saturated rings. The van der Waals surface area contributed by atoms with Crippen LogP contribution in [-0.2, 0) is 9.59 Å². The summed E-state index contributed by atoms with van der Waals surface area (Å²) >= 11 is 0. The van der Waals surface area contributed by atoms with Crippen LogP contribution < -0.4 is 30.3 Å². The standard InChI is InChI=1S/C35H34N4O7/c1-3-5-22-45-28-18-12-25(13-19-28)35(43)46-29-16-10-24(11-17-29)23-36-39-34(42)33(41)38-31-9-7-6-8-30(31)32(40)37-26-14-20-27(21-15-26)44-4-2/h6-21,23H,3-5,22H2,1-2H3,(H,37,40)(H,38,41)(H,39,42)/b36-23-. The number of unbranched alkanes of at least 4 members (excludes halogenated alkanes) is 1. The monoisotopic (exact) mass is 622 g/mol. The number of benzene rings is 4. The van der Waals surface area contributed by atoms with E-state index in [0.29, 0.717) is 47.3 Å². The smallest absolute Gasteiger partial charge is 0.343 e. The molecule has 0 heterocycles. The van der Waals surface area contributed by atoms with Crippen LogP contribution in [0.1, 0.15) is 53.0 Å². The zero-order valence-electron chi connectivity index (χ0n) is 25.4. The van der Waals surface area contributed by atoms with Gasteiger partial charge in [0.1, 0.15) is 17.2 Å². The van der Waals surface area contributed by atoms with Gasteiger partial charge in [-0.25, -0.2) is 10.2 Å². The van der Waals surface area contributed by atoms with E-state index < -0.39 is 23.7 Å². The van der Waals surface area contributed by atoms with E-state index in [2.05, 4.69) is 28.1 Å². The second-order valence-electron chi connectivity index (χ2n) is 9.80. The molecular formula is C35H34N4O7. The molecule has 0 aliphatic heterocycles. The van der Waals surface area contributed by atoms with Crippen molar-refractivity contribution >= 4 is 41.3 Å². The molecule has 46 heavy (non-hydrogen) atoms. The van der Waals surface area contributed by atoms with Crippen molar-refractivity contribution in [1.29, 1.82) is 0 Å². The lowest BCUT2D eigenvalue weighted by atomic mass is 10.1. The lowest BCUT2D eigenvalue weighted by Gasteiger charge is -2.11. The summed E-state index contributed by atoms with van der Waals surface area (Å²) in [5.41, 5.74) is 3.95. The number of esters is 1. The SMILES string of the molecule is CCCCOc1ccc(C(=O)Oc2ccc(/C=N\NC(=O)C(=O)Nc3ccccc3C(=O)Nc3ccc(OCC)cc3)cc2)cc1. The van der Waals surface area contributed by atoms with Crippen LogP contribution in [0.3, 0.4) is 0 Å². The molecule has 0 aliphatic rings. The fourth-order valence-electron chi connectivity index (χ4n) is 3.99. The number of hydrogen-bond acceptors (Lipinski definition) is 8. The van der Waals surface area contributed by atoms with Crippen LogP contribution in [0.15, 0.2) is 102 Å². The van der Waals surface area contributed by atoms with Crippen LogP contribution in [0, 0.1) is 0 Å². The summed E-state index contributed by atoms with van der Waals surface area (Å²) < 4.78 is 16.4. The number of anilines is 2. The second-order valence-corrected chi connectivity index (χ2v) is 9.80. The number of hydrogen-bond donors (Lipinski definition) is 3. The number of amides is 3. The van der Waals surface area contributed by atoms with Crippen molar-refractivity contribution in [1.82, 2.24) is 5.43 Å². The number of hydrazone groups is 1. The van der Waals surface area contributed by atoms with Gasteiger partial charge in [-0.2, -0.15) is 5.10 Å². The van der Waals surface area contributed by atoms with Crippen LogP contribution in [0.25, 0.3) is 0 Å². The Hall–Kier alpha value is -5.97. The summed E-state index contributed by atoms with van der Waals surface area (Å²) in [5, 5.41) is 9.01. The molecule has 0 spiro atoms. The van der Waals surface area contributed by atoms with Gasteiger partial charge >= 0.3 is 17.8 Å². The Morgan fingerprint density at radius 2 is 1.37 bits per heavy atom. The van der Waals surface area contributed by atoms with Gasteiger partial charge in [-0.05, 0) is 104 Å². The van der Waals surface area contributed by atoms with Gasteiger partial charge in [-0.1, -0.05) is 25.5 Å². The van der Waals surface area contributed by atoms with E-state index in [1.807, 2.05) is 6.92 Å². The van der Waals surface area contributed by atoms with Gasteiger partial charge in [0.05, 0.1) is 36.2 Å². The van der Waals surface area contributed by atoms with Crippen molar-refractivity contribution < 1.29 is 33.4 Å². The van der Waals surface area contributed by atoms with Crippen LogP contribution in [-0.4, -0.2) is 43.1 Å². The first-order valence-electron chi connectivity index (χ1n) is 14.7. The Morgan fingerprint density at radius 3 is 2.07 bits per heavy atom. The fraction of sp³-hybridized carbons (Fsp3) is 0.171. The van der Waals surface area contributed by atoms with E-state index in [1.165, 1.54) is 18.3 Å². The van der Waals surface area contributed by atoms with Crippen molar-refractivity contribution in [2.45, 2.75) is 26.7 Å². The third-order valence-electron chi connectivity index (χ3n) is 6.38. The van der Waals surface area contributed by atoms with E-state index in [9.17, 15) is 19.2 Å². The van der Waals surface area contributed by atoms with Crippen LogP contribution in [0.5, 0.6) is 17.2 Å². The van der Waals surface area contributed by atoms with Crippen molar-refractivity contribution in [2.75, 3.05) is 23.8 Å². The molecule has 0 aliphatic carbocycles. The topological polar surface area (TPSA) is 144 Å². The van der Waals surface area contributed by atoms with Crippen LogP contribution >= 0.6 is 0 Å². The molecule has 4 aromatic rings. The third-order valence-corrected chi connectivity index (χ3v) is 6.38. The summed E-state index contributed by atoms with van der Waals surface area (Å²) in [4.78, 5) is 50.3. The van der Waals surface area contributed by atoms with Gasteiger partial charge in [0, 0.05) is 5.69 Å². The summed E-state index contributed by atoms with van der Waals surface area (Å²) in [5.74, 6) is -1.36. The Morgan fingerprint density at radius 1 is 0.717 bits per heavy atom. The fourth-order valence-corrected chi connectivity index (χ4v) is 3.99.